The molecule has 0 radical (unpaired) electrons. The number of carbonyl (C=O) groups is 1. The average molecular weight is 390 g/mol. The zero-order chi connectivity index (χ0) is 17.2. The van der Waals surface area contributed by atoms with E-state index in [1.807, 2.05) is 48.5 Å². The monoisotopic (exact) mass is 389 g/mol. The number of nitrogens with one attached hydrogen (secondary N) is 2. The van der Waals surface area contributed by atoms with Crippen LogP contribution < -0.4 is 15.5 Å². The molecule has 0 unspecified atom stereocenters. The summed E-state index contributed by atoms with van der Waals surface area (Å²) < 4.78 is 6.08. The summed E-state index contributed by atoms with van der Waals surface area (Å²) in [5, 5.41) is 7.22. The molecule has 2 aromatic carbocycles. The zero-order valence-electron chi connectivity index (χ0n) is 13.5. The Hall–Kier alpha value is -2.34. The molecule has 0 saturated carbocycles. The first-order valence-corrected chi connectivity index (χ1v) is 8.42. The molecule has 2 N–H and O–H groups in total. The molecule has 6 heteroatoms. The minimum absolute atomic E-state index is 0.0993. The molecule has 1 amide bonds. The number of benzene rings is 2. The molecule has 0 bridgehead atoms. The van der Waals surface area contributed by atoms with Crippen molar-refractivity contribution < 1.29 is 9.53 Å². The Bertz CT molecular complexity index is 687. The Labute approximate surface area is 150 Å². The van der Waals surface area contributed by atoms with Gasteiger partial charge in [-0.2, -0.15) is 5.10 Å². The number of anilines is 1. The van der Waals surface area contributed by atoms with E-state index in [9.17, 15) is 4.79 Å². The lowest BCUT2D eigenvalue weighted by Gasteiger charge is -2.06. The number of rotatable bonds is 8. The number of hydrazone groups is 1. The molecule has 0 aliphatic heterocycles. The molecule has 0 saturated heterocycles. The molecule has 126 valence electrons. The maximum absolute atomic E-state index is 11.7. The van der Waals surface area contributed by atoms with Gasteiger partial charge < -0.3 is 10.1 Å². The fraction of sp³-hybridized carbons (Fsp3) is 0.222. The van der Waals surface area contributed by atoms with E-state index in [-0.39, 0.29) is 5.91 Å². The van der Waals surface area contributed by atoms with Crippen LogP contribution in [0, 0.1) is 0 Å². The number of nitrogens with zero attached hydrogens (tertiary/aromatic N) is 1. The van der Waals surface area contributed by atoms with Crippen LogP contribution in [0.25, 0.3) is 0 Å². The number of halogens is 1. The van der Waals surface area contributed by atoms with E-state index in [1.54, 1.807) is 13.3 Å². The fourth-order valence-electron chi connectivity index (χ4n) is 2.01. The Balaban J connectivity index is 1.64. The van der Waals surface area contributed by atoms with Crippen molar-refractivity contribution in [2.24, 2.45) is 5.10 Å². The maximum atomic E-state index is 11.7. The molecular formula is C18H20BrN3O2. The number of ether oxygens (including phenoxy) is 1. The predicted molar refractivity (Wildman–Crippen MR) is 101 cm³/mol. The Morgan fingerprint density at radius 3 is 2.75 bits per heavy atom. The molecule has 5 nitrogen and oxygen atoms in total. The summed E-state index contributed by atoms with van der Waals surface area (Å²) in [7, 11) is 1.64. The molecule has 2 rings (SSSR count). The second-order valence-electron chi connectivity index (χ2n) is 5.11. The van der Waals surface area contributed by atoms with Crippen molar-refractivity contribution in [1.82, 2.24) is 5.43 Å². The summed E-state index contributed by atoms with van der Waals surface area (Å²) in [6.07, 6.45) is 2.77. The molecule has 0 spiro atoms. The first-order valence-electron chi connectivity index (χ1n) is 7.63. The summed E-state index contributed by atoms with van der Waals surface area (Å²) in [5.74, 6) is 0.723. The van der Waals surface area contributed by atoms with Crippen LogP contribution in [0.15, 0.2) is 58.1 Å². The van der Waals surface area contributed by atoms with Gasteiger partial charge >= 0.3 is 0 Å². The summed E-state index contributed by atoms with van der Waals surface area (Å²) in [4.78, 5) is 11.7. The van der Waals surface area contributed by atoms with E-state index >= 15 is 0 Å². The Morgan fingerprint density at radius 2 is 2.04 bits per heavy atom. The second-order valence-corrected chi connectivity index (χ2v) is 6.02. The van der Waals surface area contributed by atoms with Crippen LogP contribution in [-0.4, -0.2) is 25.8 Å². The van der Waals surface area contributed by atoms with Gasteiger partial charge in [0.05, 0.1) is 13.3 Å². The molecule has 0 aromatic heterocycles. The van der Waals surface area contributed by atoms with E-state index in [0.29, 0.717) is 6.42 Å². The maximum Gasteiger partial charge on any atom is 0.240 e. The van der Waals surface area contributed by atoms with Crippen LogP contribution in [-0.2, 0) is 4.79 Å². The summed E-state index contributed by atoms with van der Waals surface area (Å²) in [6.45, 7) is 0.717. The molecule has 0 fully saturated rings. The van der Waals surface area contributed by atoms with Gasteiger partial charge in [-0.05, 0) is 48.4 Å². The SMILES string of the molecule is COc1ccc(NCCCC(=O)N/N=C\c2cccc(Br)c2)cc1. The van der Waals surface area contributed by atoms with E-state index < -0.39 is 0 Å². The summed E-state index contributed by atoms with van der Waals surface area (Å²) >= 11 is 3.39. The van der Waals surface area contributed by atoms with Crippen molar-refractivity contribution in [3.05, 3.63) is 58.6 Å². The number of hydrogen-bond acceptors (Lipinski definition) is 4. The first kappa shape index (κ1) is 18.0. The topological polar surface area (TPSA) is 62.7 Å². The summed E-state index contributed by atoms with van der Waals surface area (Å²) in [6, 6.07) is 15.4. The van der Waals surface area contributed by atoms with Crippen molar-refractivity contribution >= 4 is 33.7 Å². The van der Waals surface area contributed by atoms with E-state index in [1.165, 1.54) is 0 Å². The van der Waals surface area contributed by atoms with Gasteiger partial charge in [-0.3, -0.25) is 4.79 Å². The van der Waals surface area contributed by atoms with Crippen LogP contribution in [0.4, 0.5) is 5.69 Å². The lowest BCUT2D eigenvalue weighted by Crippen LogP contribution is -2.18. The highest BCUT2D eigenvalue weighted by molar-refractivity contribution is 9.10. The molecule has 0 heterocycles. The molecule has 0 atom stereocenters. The highest BCUT2D eigenvalue weighted by atomic mass is 79.9. The molecule has 0 aliphatic rings. The fourth-order valence-corrected chi connectivity index (χ4v) is 2.43. The second kappa shape index (κ2) is 9.72. The van der Waals surface area contributed by atoms with Crippen LogP contribution in [0.1, 0.15) is 18.4 Å². The first-order chi connectivity index (χ1) is 11.7. The summed E-state index contributed by atoms with van der Waals surface area (Å²) in [5.41, 5.74) is 4.46. The average Bonchev–Trinajstić information content (AvgIpc) is 2.59. The Kier molecular flexibility index (Phi) is 7.29. The highest BCUT2D eigenvalue weighted by Crippen LogP contribution is 2.14. The van der Waals surface area contributed by atoms with Gasteiger partial charge in [0.1, 0.15) is 5.75 Å². The van der Waals surface area contributed by atoms with Gasteiger partial charge in [0.25, 0.3) is 0 Å². The van der Waals surface area contributed by atoms with Crippen molar-refractivity contribution in [3.63, 3.8) is 0 Å². The third-order valence-corrected chi connectivity index (χ3v) is 3.74. The van der Waals surface area contributed by atoms with E-state index in [2.05, 4.69) is 31.8 Å². The third-order valence-electron chi connectivity index (χ3n) is 3.25. The van der Waals surface area contributed by atoms with Crippen molar-refractivity contribution in [2.75, 3.05) is 19.0 Å². The van der Waals surface area contributed by atoms with Gasteiger partial charge in [0.2, 0.25) is 5.91 Å². The number of amides is 1. The molecular weight excluding hydrogens is 370 g/mol. The Morgan fingerprint density at radius 1 is 1.25 bits per heavy atom. The predicted octanol–water partition coefficient (Wildman–Crippen LogP) is 3.80. The van der Waals surface area contributed by atoms with Crippen LogP contribution in [0.2, 0.25) is 0 Å². The number of methoxy groups -OCH3 is 1. The number of hydrogen-bond donors (Lipinski definition) is 2. The van der Waals surface area contributed by atoms with Crippen molar-refractivity contribution in [3.8, 4) is 5.75 Å². The van der Waals surface area contributed by atoms with Crippen LogP contribution >= 0.6 is 15.9 Å². The van der Waals surface area contributed by atoms with Gasteiger partial charge in [-0.1, -0.05) is 28.1 Å². The standard InChI is InChI=1S/C18H20BrN3O2/c1-24-17-9-7-16(8-10-17)20-11-3-6-18(23)22-21-13-14-4-2-5-15(19)12-14/h2,4-5,7-10,12-13,20H,3,6,11H2,1H3,(H,22,23)/b21-13-. The van der Waals surface area contributed by atoms with Gasteiger partial charge in [-0.25, -0.2) is 5.43 Å². The van der Waals surface area contributed by atoms with Gasteiger partial charge in [-0.15, -0.1) is 0 Å². The van der Waals surface area contributed by atoms with Crippen LogP contribution in [0.3, 0.4) is 0 Å². The van der Waals surface area contributed by atoms with Gasteiger partial charge in [0, 0.05) is 23.1 Å². The quantitative estimate of drug-likeness (QED) is 0.410. The minimum Gasteiger partial charge on any atom is -0.497 e. The third kappa shape index (κ3) is 6.42. The highest BCUT2D eigenvalue weighted by Gasteiger charge is 1.99. The van der Waals surface area contributed by atoms with E-state index in [0.717, 1.165) is 34.4 Å². The van der Waals surface area contributed by atoms with Crippen molar-refractivity contribution in [2.45, 2.75) is 12.8 Å². The lowest BCUT2D eigenvalue weighted by atomic mass is 10.2. The normalized spacial score (nSPS) is 10.6. The van der Waals surface area contributed by atoms with Crippen molar-refractivity contribution in [1.29, 1.82) is 0 Å². The molecule has 24 heavy (non-hydrogen) atoms. The smallest absolute Gasteiger partial charge is 0.240 e. The lowest BCUT2D eigenvalue weighted by molar-refractivity contribution is -0.121. The zero-order valence-corrected chi connectivity index (χ0v) is 15.0. The largest absolute Gasteiger partial charge is 0.497 e. The van der Waals surface area contributed by atoms with E-state index in [4.69, 9.17) is 4.74 Å². The molecule has 2 aromatic rings. The van der Waals surface area contributed by atoms with Crippen LogP contribution in [0.5, 0.6) is 5.75 Å². The van der Waals surface area contributed by atoms with Gasteiger partial charge in [0.15, 0.2) is 0 Å². The molecule has 0 aliphatic carbocycles. The minimum atomic E-state index is -0.0993. The number of carbonyl (C=O) groups excluding carboxylic acids is 1.